The molecule has 25 heavy (non-hydrogen) atoms. The third-order valence-corrected chi connectivity index (χ3v) is 5.06. The van der Waals surface area contributed by atoms with Crippen molar-refractivity contribution in [2.45, 2.75) is 32.2 Å². The zero-order chi connectivity index (χ0) is 18.0. The highest BCUT2D eigenvalue weighted by Crippen LogP contribution is 2.31. The molecule has 132 valence electrons. The molecule has 0 unspecified atom stereocenters. The summed E-state index contributed by atoms with van der Waals surface area (Å²) in [5.74, 6) is -0.122. The number of hydrogen-bond donors (Lipinski definition) is 2. The Labute approximate surface area is 155 Å². The molecule has 0 saturated carbocycles. The minimum atomic E-state index is -0.641. The minimum Gasteiger partial charge on any atom is -0.329 e. The fraction of sp³-hybridized carbons (Fsp3) is 0.333. The summed E-state index contributed by atoms with van der Waals surface area (Å²) in [4.78, 5) is 16.8. The van der Waals surface area contributed by atoms with Crippen LogP contribution in [0.25, 0.3) is 0 Å². The number of rotatable bonds is 2. The fourth-order valence-electron chi connectivity index (χ4n) is 3.08. The molecule has 4 nitrogen and oxygen atoms in total. The lowest BCUT2D eigenvalue weighted by molar-refractivity contribution is 0.247. The molecular formula is C18H18Cl2FN3O. The summed E-state index contributed by atoms with van der Waals surface area (Å²) < 4.78 is 13.9. The molecule has 0 aliphatic heterocycles. The van der Waals surface area contributed by atoms with E-state index in [0.29, 0.717) is 5.92 Å². The number of nitrogens with one attached hydrogen (secondary N) is 2. The van der Waals surface area contributed by atoms with Crippen molar-refractivity contribution >= 4 is 34.9 Å². The molecule has 0 fully saturated rings. The molecule has 0 bridgehead atoms. The molecule has 1 aromatic heterocycles. The topological polar surface area (TPSA) is 54.0 Å². The number of carbonyl (C=O) groups is 1. The monoisotopic (exact) mass is 381 g/mol. The summed E-state index contributed by atoms with van der Waals surface area (Å²) in [6.07, 6.45) is 4.41. The number of hydrogen-bond acceptors (Lipinski definition) is 2. The zero-order valence-corrected chi connectivity index (χ0v) is 15.2. The van der Waals surface area contributed by atoms with Gasteiger partial charge in [-0.1, -0.05) is 36.2 Å². The number of pyridine rings is 1. The number of fused-ring (bicyclic) bond motifs is 1. The van der Waals surface area contributed by atoms with E-state index in [4.69, 9.17) is 23.2 Å². The predicted molar refractivity (Wildman–Crippen MR) is 97.7 cm³/mol. The summed E-state index contributed by atoms with van der Waals surface area (Å²) in [6, 6.07) is 5.58. The van der Waals surface area contributed by atoms with Crippen LogP contribution >= 0.6 is 23.2 Å². The predicted octanol–water partition coefficient (Wildman–Crippen LogP) is 5.36. The maximum atomic E-state index is 13.9. The lowest BCUT2D eigenvalue weighted by atomic mass is 10.0. The van der Waals surface area contributed by atoms with Crippen LogP contribution in [0.4, 0.5) is 14.9 Å². The highest BCUT2D eigenvalue weighted by Gasteiger charge is 2.24. The Balaban J connectivity index is 1.76. The van der Waals surface area contributed by atoms with Crippen LogP contribution < -0.4 is 10.6 Å². The Hall–Kier alpha value is -1.85. The van der Waals surface area contributed by atoms with Gasteiger partial charge in [0.2, 0.25) is 0 Å². The second-order valence-corrected chi connectivity index (χ2v) is 7.15. The van der Waals surface area contributed by atoms with Gasteiger partial charge in [-0.25, -0.2) is 9.18 Å². The van der Waals surface area contributed by atoms with E-state index >= 15 is 0 Å². The van der Waals surface area contributed by atoms with Gasteiger partial charge >= 0.3 is 6.03 Å². The van der Waals surface area contributed by atoms with E-state index in [0.717, 1.165) is 36.6 Å². The van der Waals surface area contributed by atoms with Crippen LogP contribution in [0.2, 0.25) is 10.0 Å². The van der Waals surface area contributed by atoms with Crippen LogP contribution in [0, 0.1) is 11.7 Å². The van der Waals surface area contributed by atoms with E-state index in [-0.39, 0.29) is 21.8 Å². The zero-order valence-electron chi connectivity index (χ0n) is 13.7. The Bertz CT molecular complexity index is 800. The highest BCUT2D eigenvalue weighted by molar-refractivity contribution is 6.42. The molecule has 2 N–H and O–H groups in total. The van der Waals surface area contributed by atoms with E-state index in [1.54, 1.807) is 6.20 Å². The summed E-state index contributed by atoms with van der Waals surface area (Å²) in [5.41, 5.74) is 1.99. The molecule has 2 aromatic rings. The first-order valence-electron chi connectivity index (χ1n) is 8.10. The van der Waals surface area contributed by atoms with Crippen molar-refractivity contribution in [3.05, 3.63) is 57.6 Å². The number of aromatic nitrogens is 1. The lowest BCUT2D eigenvalue weighted by Crippen LogP contribution is -2.33. The van der Waals surface area contributed by atoms with E-state index in [1.165, 1.54) is 6.07 Å². The van der Waals surface area contributed by atoms with Gasteiger partial charge < -0.3 is 10.6 Å². The summed E-state index contributed by atoms with van der Waals surface area (Å²) in [5, 5.41) is 5.66. The van der Waals surface area contributed by atoms with Crippen LogP contribution in [-0.2, 0) is 6.42 Å². The molecule has 2 amide bonds. The van der Waals surface area contributed by atoms with Gasteiger partial charge in [0, 0.05) is 6.20 Å². The van der Waals surface area contributed by atoms with E-state index < -0.39 is 11.8 Å². The number of amides is 2. The van der Waals surface area contributed by atoms with Gasteiger partial charge in [0.05, 0.1) is 27.5 Å². The second-order valence-electron chi connectivity index (χ2n) is 6.33. The number of nitrogens with zero attached hydrogens (tertiary/aromatic N) is 1. The van der Waals surface area contributed by atoms with Gasteiger partial charge in [0.15, 0.2) is 0 Å². The molecule has 3 rings (SSSR count). The Morgan fingerprint density at radius 3 is 2.84 bits per heavy atom. The van der Waals surface area contributed by atoms with Gasteiger partial charge in [-0.05, 0) is 48.9 Å². The summed E-state index contributed by atoms with van der Waals surface area (Å²) >= 11 is 11.6. The number of carbonyl (C=O) groups excluding carboxylic acids is 1. The third kappa shape index (κ3) is 4.22. The molecule has 0 radical (unpaired) electrons. The molecule has 2 atom stereocenters. The summed E-state index contributed by atoms with van der Waals surface area (Å²) in [7, 11) is 0. The molecular weight excluding hydrogens is 364 g/mol. The van der Waals surface area contributed by atoms with Crippen molar-refractivity contribution in [1.29, 1.82) is 0 Å². The SMILES string of the molecule is C[C@H]1CC[C@@H](NC(=O)Nc2cc(Cl)c(Cl)cc2F)c2ncccc2C1. The maximum absolute atomic E-state index is 13.9. The van der Waals surface area contributed by atoms with Crippen LogP contribution in [0.3, 0.4) is 0 Å². The van der Waals surface area contributed by atoms with Crippen molar-refractivity contribution in [3.8, 4) is 0 Å². The van der Waals surface area contributed by atoms with E-state index in [1.807, 2.05) is 12.1 Å². The third-order valence-electron chi connectivity index (χ3n) is 4.34. The Morgan fingerprint density at radius 1 is 1.28 bits per heavy atom. The quantitative estimate of drug-likeness (QED) is 0.543. The Morgan fingerprint density at radius 2 is 2.04 bits per heavy atom. The van der Waals surface area contributed by atoms with Gasteiger partial charge in [-0.15, -0.1) is 0 Å². The van der Waals surface area contributed by atoms with Gasteiger partial charge in [-0.3, -0.25) is 4.98 Å². The maximum Gasteiger partial charge on any atom is 0.319 e. The van der Waals surface area contributed by atoms with Crippen molar-refractivity contribution in [1.82, 2.24) is 10.3 Å². The number of halogens is 3. The highest BCUT2D eigenvalue weighted by atomic mass is 35.5. The fourth-order valence-corrected chi connectivity index (χ4v) is 3.39. The van der Waals surface area contributed by atoms with Crippen molar-refractivity contribution in [3.63, 3.8) is 0 Å². The lowest BCUT2D eigenvalue weighted by Gasteiger charge is -2.19. The summed E-state index contributed by atoms with van der Waals surface area (Å²) in [6.45, 7) is 2.18. The molecule has 7 heteroatoms. The van der Waals surface area contributed by atoms with Crippen molar-refractivity contribution < 1.29 is 9.18 Å². The molecule has 1 aromatic carbocycles. The van der Waals surface area contributed by atoms with Gasteiger partial charge in [-0.2, -0.15) is 0 Å². The molecule has 1 aliphatic rings. The standard InChI is InChI=1S/C18H18Cl2FN3O/c1-10-4-5-15(17-11(7-10)3-2-6-22-17)23-18(25)24-16-9-13(20)12(19)8-14(16)21/h2-3,6,8-10,15H,4-5,7H2,1H3,(H2,23,24,25)/t10-,15+/m0/s1. The number of anilines is 1. The number of benzene rings is 1. The smallest absolute Gasteiger partial charge is 0.319 e. The van der Waals surface area contributed by atoms with Crippen LogP contribution in [0.15, 0.2) is 30.5 Å². The van der Waals surface area contributed by atoms with Gasteiger partial charge in [0.25, 0.3) is 0 Å². The first-order valence-corrected chi connectivity index (χ1v) is 8.85. The van der Waals surface area contributed by atoms with Crippen LogP contribution in [0.1, 0.15) is 37.1 Å². The van der Waals surface area contributed by atoms with Crippen molar-refractivity contribution in [2.75, 3.05) is 5.32 Å². The van der Waals surface area contributed by atoms with Crippen LogP contribution in [0.5, 0.6) is 0 Å². The number of urea groups is 1. The van der Waals surface area contributed by atoms with Crippen molar-refractivity contribution in [2.24, 2.45) is 5.92 Å². The largest absolute Gasteiger partial charge is 0.329 e. The second kappa shape index (κ2) is 7.58. The molecule has 0 spiro atoms. The first-order chi connectivity index (χ1) is 11.9. The molecule has 1 heterocycles. The average molecular weight is 382 g/mol. The van der Waals surface area contributed by atoms with E-state index in [2.05, 4.69) is 22.5 Å². The minimum absolute atomic E-state index is 0.0184. The Kier molecular flexibility index (Phi) is 5.45. The van der Waals surface area contributed by atoms with Gasteiger partial charge in [0.1, 0.15) is 5.82 Å². The van der Waals surface area contributed by atoms with Crippen LogP contribution in [-0.4, -0.2) is 11.0 Å². The molecule has 1 aliphatic carbocycles. The molecule has 0 saturated heterocycles. The normalized spacial score (nSPS) is 19.7. The average Bonchev–Trinajstić information content (AvgIpc) is 2.72. The first kappa shape index (κ1) is 18.0. The van der Waals surface area contributed by atoms with E-state index in [9.17, 15) is 9.18 Å².